The number of benzene rings is 2. The van der Waals surface area contributed by atoms with Crippen LogP contribution in [0.4, 0.5) is 0 Å². The van der Waals surface area contributed by atoms with Gasteiger partial charge in [0.15, 0.2) is 0 Å². The molecule has 0 unspecified atom stereocenters. The van der Waals surface area contributed by atoms with Crippen molar-refractivity contribution < 1.29 is 23.1 Å². The molecule has 2 heterocycles. The summed E-state index contributed by atoms with van der Waals surface area (Å²) in [7, 11) is -3.37. The van der Waals surface area contributed by atoms with Crippen molar-refractivity contribution in [2.75, 3.05) is 13.1 Å². The molecule has 3 aliphatic rings. The van der Waals surface area contributed by atoms with Crippen LogP contribution >= 0.6 is 23.2 Å². The van der Waals surface area contributed by atoms with E-state index >= 15 is 0 Å². The summed E-state index contributed by atoms with van der Waals surface area (Å²) in [6.45, 7) is 6.93. The van der Waals surface area contributed by atoms with Crippen LogP contribution in [0, 0.1) is 5.41 Å². The molecule has 41 heavy (non-hydrogen) atoms. The smallest absolute Gasteiger partial charge is 0.335 e. The van der Waals surface area contributed by atoms with Gasteiger partial charge in [-0.1, -0.05) is 56.1 Å². The highest BCUT2D eigenvalue weighted by atomic mass is 35.5. The van der Waals surface area contributed by atoms with Gasteiger partial charge in [-0.25, -0.2) is 17.5 Å². The van der Waals surface area contributed by atoms with Crippen molar-refractivity contribution in [1.82, 2.24) is 9.21 Å². The lowest BCUT2D eigenvalue weighted by atomic mass is 9.85. The average molecular weight is 621 g/mol. The molecule has 0 radical (unpaired) electrons. The molecule has 2 aromatic carbocycles. The first-order chi connectivity index (χ1) is 19.2. The summed E-state index contributed by atoms with van der Waals surface area (Å²) in [5, 5.41) is 9.92. The Labute approximate surface area is 251 Å². The number of aliphatic imine (C=N–C) groups is 1. The maximum absolute atomic E-state index is 14.4. The fourth-order valence-electron chi connectivity index (χ4n) is 5.81. The number of sulfonamides is 1. The van der Waals surface area contributed by atoms with Crippen molar-refractivity contribution in [2.45, 2.75) is 76.3 Å². The Balaban J connectivity index is 1.58. The van der Waals surface area contributed by atoms with Gasteiger partial charge in [-0.05, 0) is 67.0 Å². The van der Waals surface area contributed by atoms with Crippen molar-refractivity contribution >= 4 is 50.8 Å². The Kier molecular flexibility index (Phi) is 8.04. The van der Waals surface area contributed by atoms with E-state index in [1.165, 1.54) is 0 Å². The van der Waals surface area contributed by atoms with Gasteiger partial charge >= 0.3 is 5.97 Å². The predicted octanol–water partition coefficient (Wildman–Crippen LogP) is 6.17. The monoisotopic (exact) mass is 619 g/mol. The third kappa shape index (κ3) is 6.19. The van der Waals surface area contributed by atoms with Crippen LogP contribution in [-0.2, 0) is 14.8 Å². The number of carbonyl (C=O) groups excluding carboxylic acids is 1. The van der Waals surface area contributed by atoms with Gasteiger partial charge in [0, 0.05) is 41.5 Å². The number of carboxylic acid groups (broad SMARTS) is 1. The molecule has 5 rings (SSSR count). The van der Waals surface area contributed by atoms with Gasteiger partial charge in [0.1, 0.15) is 11.4 Å². The lowest BCUT2D eigenvalue weighted by Crippen LogP contribution is -2.55. The molecule has 1 N–H and O–H groups in total. The van der Waals surface area contributed by atoms with Gasteiger partial charge in [-0.15, -0.1) is 0 Å². The minimum absolute atomic E-state index is 0.0267. The summed E-state index contributed by atoms with van der Waals surface area (Å²) >= 11 is 12.6. The molecule has 1 saturated heterocycles. The number of nitrogens with zero attached hydrogens (tertiary/aromatic N) is 3. The highest BCUT2D eigenvalue weighted by molar-refractivity contribution is 7.90. The number of amides is 1. The van der Waals surface area contributed by atoms with Crippen LogP contribution < -0.4 is 0 Å². The normalized spacial score (nSPS) is 20.4. The molecule has 8 nitrogen and oxygen atoms in total. The molecule has 1 saturated carbocycles. The molecule has 11 heteroatoms. The number of hydrogen-bond acceptors (Lipinski definition) is 5. The van der Waals surface area contributed by atoms with Gasteiger partial charge in [0.05, 0.1) is 16.9 Å². The van der Waals surface area contributed by atoms with E-state index in [1.807, 2.05) is 4.90 Å². The van der Waals surface area contributed by atoms with Crippen LogP contribution in [-0.4, -0.2) is 64.3 Å². The molecule has 0 bridgehead atoms. The van der Waals surface area contributed by atoms with Gasteiger partial charge in [0.2, 0.25) is 10.0 Å². The van der Waals surface area contributed by atoms with Gasteiger partial charge in [0.25, 0.3) is 5.91 Å². The van der Waals surface area contributed by atoms with Crippen molar-refractivity contribution in [3.05, 3.63) is 69.2 Å². The number of aromatic carboxylic acids is 1. The van der Waals surface area contributed by atoms with E-state index in [2.05, 4.69) is 20.8 Å². The number of carboxylic acids is 1. The molecule has 0 aromatic heterocycles. The van der Waals surface area contributed by atoms with Crippen molar-refractivity contribution in [3.8, 4) is 0 Å². The Morgan fingerprint density at radius 2 is 1.66 bits per heavy atom. The van der Waals surface area contributed by atoms with Gasteiger partial charge in [-0.3, -0.25) is 9.79 Å². The second kappa shape index (κ2) is 11.0. The maximum atomic E-state index is 14.4. The third-order valence-corrected chi connectivity index (χ3v) is 11.0. The van der Waals surface area contributed by atoms with Crippen LogP contribution in [0.3, 0.4) is 0 Å². The van der Waals surface area contributed by atoms with Gasteiger partial charge in [-0.2, -0.15) is 0 Å². The number of rotatable bonds is 8. The Bertz CT molecular complexity index is 1470. The summed E-state index contributed by atoms with van der Waals surface area (Å²) in [5.41, 5.74) is 0.732. The summed E-state index contributed by atoms with van der Waals surface area (Å²) in [5.74, 6) is -1.30. The molecular formula is C30H35Cl2N3O5S. The fourth-order valence-corrected chi connectivity index (χ4v) is 8.18. The quantitative estimate of drug-likeness (QED) is 0.380. The first kappa shape index (κ1) is 30.0. The van der Waals surface area contributed by atoms with E-state index < -0.39 is 27.7 Å². The zero-order valence-electron chi connectivity index (χ0n) is 23.4. The lowest BCUT2D eigenvalue weighted by Gasteiger charge is -2.46. The molecular weight excluding hydrogens is 585 g/mol. The topological polar surface area (TPSA) is 107 Å². The zero-order valence-corrected chi connectivity index (χ0v) is 25.8. The van der Waals surface area contributed by atoms with Crippen LogP contribution in [0.25, 0.3) is 0 Å². The van der Waals surface area contributed by atoms with Crippen LogP contribution in [0.5, 0.6) is 0 Å². The first-order valence-electron chi connectivity index (χ1n) is 13.9. The molecule has 220 valence electrons. The standard InChI is InChI=1S/C30H35Cl2N3O5S/c1-29(2,3)11-10-25(19-4-6-20(7-5-19)28(37)38)35-27(36)26(21-16-22(31)18-23(32)17-21)33-30(35)12-14-34(15-13-30)41(39,40)24-8-9-24/h4-7,16-18,24-25H,8-15H2,1-3H3,(H,37,38)/t25-/m1/s1. The SMILES string of the molecule is CC(C)(C)CC[C@H](c1ccc(C(=O)O)cc1)N1C(=O)C(c2cc(Cl)cc(Cl)c2)=NC12CCN(S(=O)(=O)C1CC1)CC2. The predicted molar refractivity (Wildman–Crippen MR) is 160 cm³/mol. The van der Waals surface area contributed by atoms with E-state index in [1.54, 1.807) is 46.8 Å². The van der Waals surface area contributed by atoms with E-state index in [4.69, 9.17) is 28.2 Å². The minimum Gasteiger partial charge on any atom is -0.478 e. The minimum atomic E-state index is -3.37. The second-order valence-electron chi connectivity index (χ2n) is 12.5. The molecule has 1 spiro atoms. The highest BCUT2D eigenvalue weighted by Crippen LogP contribution is 2.46. The average Bonchev–Trinajstić information content (AvgIpc) is 3.71. The van der Waals surface area contributed by atoms with E-state index in [-0.39, 0.29) is 40.9 Å². The van der Waals surface area contributed by atoms with Crippen LogP contribution in [0.2, 0.25) is 10.0 Å². The molecule has 2 fully saturated rings. The highest BCUT2D eigenvalue weighted by Gasteiger charge is 2.54. The maximum Gasteiger partial charge on any atom is 0.335 e. The molecule has 1 amide bonds. The Hall–Kier alpha value is -2.46. The van der Waals surface area contributed by atoms with Gasteiger partial charge < -0.3 is 10.0 Å². The van der Waals surface area contributed by atoms with E-state index in [0.717, 1.165) is 12.0 Å². The second-order valence-corrected chi connectivity index (χ2v) is 15.5. The van der Waals surface area contributed by atoms with Crippen molar-refractivity contribution in [3.63, 3.8) is 0 Å². The summed E-state index contributed by atoms with van der Waals surface area (Å²) < 4.78 is 27.6. The number of hydrogen-bond donors (Lipinski definition) is 1. The number of piperidine rings is 1. The summed E-state index contributed by atoms with van der Waals surface area (Å²) in [6.07, 6.45) is 3.48. The van der Waals surface area contributed by atoms with E-state index in [0.29, 0.717) is 47.7 Å². The number of halogens is 2. The third-order valence-electron chi connectivity index (χ3n) is 8.18. The molecule has 1 atom stereocenters. The van der Waals surface area contributed by atoms with Crippen molar-refractivity contribution in [1.29, 1.82) is 0 Å². The first-order valence-corrected chi connectivity index (χ1v) is 16.2. The Morgan fingerprint density at radius 1 is 1.07 bits per heavy atom. The van der Waals surface area contributed by atoms with Crippen LogP contribution in [0.15, 0.2) is 47.5 Å². The number of carbonyl (C=O) groups is 2. The van der Waals surface area contributed by atoms with Crippen LogP contribution in [0.1, 0.15) is 86.8 Å². The zero-order chi connectivity index (χ0) is 29.7. The Morgan fingerprint density at radius 3 is 2.17 bits per heavy atom. The summed E-state index contributed by atoms with van der Waals surface area (Å²) in [6, 6.07) is 11.2. The lowest BCUT2D eigenvalue weighted by molar-refractivity contribution is -0.133. The van der Waals surface area contributed by atoms with E-state index in [9.17, 15) is 23.1 Å². The fraction of sp³-hybridized carbons (Fsp3) is 0.500. The summed E-state index contributed by atoms with van der Waals surface area (Å²) in [4.78, 5) is 32.8. The van der Waals surface area contributed by atoms with Crippen molar-refractivity contribution in [2.24, 2.45) is 10.4 Å². The largest absolute Gasteiger partial charge is 0.478 e. The molecule has 1 aliphatic carbocycles. The molecule has 2 aromatic rings. The molecule has 2 aliphatic heterocycles.